The third kappa shape index (κ3) is 4.00. The van der Waals surface area contributed by atoms with E-state index in [1.165, 1.54) is 27.2 Å². The number of carbonyl (C=O) groups excluding carboxylic acids is 2. The first-order valence-electron chi connectivity index (χ1n) is 6.90. The highest BCUT2D eigenvalue weighted by Crippen LogP contribution is 2.38. The molecule has 0 atom stereocenters. The van der Waals surface area contributed by atoms with Gasteiger partial charge < -0.3 is 20.5 Å². The van der Waals surface area contributed by atoms with Crippen molar-refractivity contribution in [3.63, 3.8) is 0 Å². The van der Waals surface area contributed by atoms with Crippen molar-refractivity contribution < 1.29 is 19.1 Å². The molecule has 22 heavy (non-hydrogen) atoms. The number of methoxy groups -OCH3 is 2. The van der Waals surface area contributed by atoms with Gasteiger partial charge in [0.05, 0.1) is 19.9 Å². The molecule has 0 spiro atoms. The molecule has 6 heteroatoms. The van der Waals surface area contributed by atoms with Crippen molar-refractivity contribution in [1.82, 2.24) is 5.32 Å². The highest BCUT2D eigenvalue weighted by Gasteiger charge is 2.19. The van der Waals surface area contributed by atoms with Crippen LogP contribution in [0, 0.1) is 0 Å². The van der Waals surface area contributed by atoms with E-state index in [-0.39, 0.29) is 11.7 Å². The monoisotopic (exact) mass is 306 g/mol. The summed E-state index contributed by atoms with van der Waals surface area (Å²) in [4.78, 5) is 22.7. The van der Waals surface area contributed by atoms with E-state index in [2.05, 4.69) is 11.9 Å². The van der Waals surface area contributed by atoms with Gasteiger partial charge in [-0.05, 0) is 31.9 Å². The fraction of sp³-hybridized carbons (Fsp3) is 0.375. The van der Waals surface area contributed by atoms with E-state index in [0.717, 1.165) is 5.56 Å². The predicted molar refractivity (Wildman–Crippen MR) is 85.5 cm³/mol. The third-order valence-corrected chi connectivity index (χ3v) is 3.27. The Kier molecular flexibility index (Phi) is 6.44. The summed E-state index contributed by atoms with van der Waals surface area (Å²) in [5, 5.41) is 2.70. The number of nitrogens with two attached hydrogens (primary N) is 1. The Balaban J connectivity index is 3.02. The van der Waals surface area contributed by atoms with Crippen LogP contribution < -0.4 is 20.5 Å². The molecule has 0 aliphatic carbocycles. The molecule has 6 nitrogen and oxygen atoms in total. The molecule has 0 aromatic heterocycles. The Morgan fingerprint density at radius 2 is 2.05 bits per heavy atom. The molecule has 1 rings (SSSR count). The Morgan fingerprint density at radius 3 is 2.55 bits per heavy atom. The molecule has 0 fully saturated rings. The van der Waals surface area contributed by atoms with Crippen LogP contribution in [0.4, 0.5) is 5.69 Å². The molecular formula is C16H22N2O4. The lowest BCUT2D eigenvalue weighted by atomic mass is 10.00. The summed E-state index contributed by atoms with van der Waals surface area (Å²) < 4.78 is 10.7. The number of nitrogen functional groups attached to an aromatic ring is 1. The molecular weight excluding hydrogens is 284 g/mol. The normalized spacial score (nSPS) is 9.95. The molecule has 0 aliphatic heterocycles. The molecule has 120 valence electrons. The summed E-state index contributed by atoms with van der Waals surface area (Å²) in [5.41, 5.74) is 7.47. The minimum atomic E-state index is -0.217. The van der Waals surface area contributed by atoms with Gasteiger partial charge in [-0.15, -0.1) is 0 Å². The lowest BCUT2D eigenvalue weighted by molar-refractivity contribution is -0.116. The van der Waals surface area contributed by atoms with Gasteiger partial charge in [0, 0.05) is 17.7 Å². The van der Waals surface area contributed by atoms with Gasteiger partial charge in [0.25, 0.3) is 0 Å². The SMILES string of the molecule is C=CC(=O)NCCCc1c(OC)cc(C(C)=O)c(N)c1OC. The molecule has 3 N–H and O–H groups in total. The first-order valence-corrected chi connectivity index (χ1v) is 6.90. The second-order valence-electron chi connectivity index (χ2n) is 4.71. The smallest absolute Gasteiger partial charge is 0.243 e. The summed E-state index contributed by atoms with van der Waals surface area (Å²) >= 11 is 0. The molecule has 0 saturated heterocycles. The zero-order chi connectivity index (χ0) is 16.7. The number of hydrogen-bond donors (Lipinski definition) is 2. The molecule has 0 bridgehead atoms. The van der Waals surface area contributed by atoms with Crippen LogP contribution in [-0.4, -0.2) is 32.5 Å². The van der Waals surface area contributed by atoms with Crippen molar-refractivity contribution >= 4 is 17.4 Å². The van der Waals surface area contributed by atoms with E-state index in [4.69, 9.17) is 15.2 Å². The van der Waals surface area contributed by atoms with Gasteiger partial charge in [-0.1, -0.05) is 6.58 Å². The van der Waals surface area contributed by atoms with E-state index < -0.39 is 0 Å². The second kappa shape index (κ2) is 8.07. The standard InChI is InChI=1S/C16H22N2O4/c1-5-14(20)18-8-6-7-11-13(21-3)9-12(10(2)19)15(17)16(11)22-4/h5,9H,1,6-8,17H2,2-4H3,(H,18,20). The van der Waals surface area contributed by atoms with E-state index >= 15 is 0 Å². The van der Waals surface area contributed by atoms with E-state index in [1.54, 1.807) is 6.07 Å². The molecule has 0 unspecified atom stereocenters. The average molecular weight is 306 g/mol. The molecule has 1 amide bonds. The van der Waals surface area contributed by atoms with E-state index in [0.29, 0.717) is 42.1 Å². The number of anilines is 1. The number of rotatable bonds is 8. The van der Waals surface area contributed by atoms with Crippen LogP contribution in [-0.2, 0) is 11.2 Å². The van der Waals surface area contributed by atoms with Crippen molar-refractivity contribution in [3.05, 3.63) is 29.8 Å². The number of nitrogens with one attached hydrogen (secondary N) is 1. The Bertz CT molecular complexity index is 582. The van der Waals surface area contributed by atoms with Crippen LogP contribution in [0.5, 0.6) is 11.5 Å². The van der Waals surface area contributed by atoms with Crippen LogP contribution in [0.25, 0.3) is 0 Å². The molecule has 0 aliphatic rings. The fourth-order valence-corrected chi connectivity index (χ4v) is 2.18. The van der Waals surface area contributed by atoms with Crippen LogP contribution in [0.1, 0.15) is 29.3 Å². The van der Waals surface area contributed by atoms with E-state index in [9.17, 15) is 9.59 Å². The summed E-state index contributed by atoms with van der Waals surface area (Å²) in [6, 6.07) is 1.62. The number of Topliss-reactive ketones (excluding diaryl/α,β-unsaturated/α-hetero) is 1. The summed E-state index contributed by atoms with van der Waals surface area (Å²) in [7, 11) is 3.02. The summed E-state index contributed by atoms with van der Waals surface area (Å²) in [5.74, 6) is 0.621. The zero-order valence-corrected chi connectivity index (χ0v) is 13.2. The maximum absolute atomic E-state index is 11.6. The number of ketones is 1. The van der Waals surface area contributed by atoms with Gasteiger partial charge in [-0.25, -0.2) is 0 Å². The fourth-order valence-electron chi connectivity index (χ4n) is 2.18. The predicted octanol–water partition coefficient (Wildman–Crippen LogP) is 1.72. The van der Waals surface area contributed by atoms with Gasteiger partial charge in [-0.3, -0.25) is 9.59 Å². The number of hydrogen-bond acceptors (Lipinski definition) is 5. The molecule has 1 aromatic carbocycles. The minimum absolute atomic E-state index is 0.154. The maximum Gasteiger partial charge on any atom is 0.243 e. The van der Waals surface area contributed by atoms with Crippen molar-refractivity contribution in [2.45, 2.75) is 19.8 Å². The van der Waals surface area contributed by atoms with Crippen LogP contribution in [0.3, 0.4) is 0 Å². The van der Waals surface area contributed by atoms with Gasteiger partial charge in [0.15, 0.2) is 5.78 Å². The second-order valence-corrected chi connectivity index (χ2v) is 4.71. The number of benzene rings is 1. The highest BCUT2D eigenvalue weighted by molar-refractivity contribution is 6.01. The van der Waals surface area contributed by atoms with Gasteiger partial charge in [0.1, 0.15) is 11.5 Å². The molecule has 0 heterocycles. The van der Waals surface area contributed by atoms with Crippen molar-refractivity contribution in [2.24, 2.45) is 0 Å². The summed E-state index contributed by atoms with van der Waals surface area (Å²) in [6.45, 7) is 5.32. The highest BCUT2D eigenvalue weighted by atomic mass is 16.5. The van der Waals surface area contributed by atoms with Crippen molar-refractivity contribution in [2.75, 3.05) is 26.5 Å². The van der Waals surface area contributed by atoms with Gasteiger partial charge >= 0.3 is 0 Å². The van der Waals surface area contributed by atoms with Crippen molar-refractivity contribution in [1.29, 1.82) is 0 Å². The number of amides is 1. The maximum atomic E-state index is 11.6. The molecule has 0 radical (unpaired) electrons. The summed E-state index contributed by atoms with van der Waals surface area (Å²) in [6.07, 6.45) is 2.48. The Hall–Kier alpha value is -2.50. The number of ether oxygens (including phenoxy) is 2. The first kappa shape index (κ1) is 17.6. The van der Waals surface area contributed by atoms with E-state index in [1.807, 2.05) is 0 Å². The third-order valence-electron chi connectivity index (χ3n) is 3.27. The quantitative estimate of drug-likeness (QED) is 0.330. The zero-order valence-electron chi connectivity index (χ0n) is 13.2. The lowest BCUT2D eigenvalue weighted by Crippen LogP contribution is -2.22. The molecule has 1 aromatic rings. The van der Waals surface area contributed by atoms with Crippen LogP contribution in [0.15, 0.2) is 18.7 Å². The number of carbonyl (C=O) groups is 2. The van der Waals surface area contributed by atoms with Gasteiger partial charge in [-0.2, -0.15) is 0 Å². The minimum Gasteiger partial charge on any atom is -0.496 e. The Labute approximate surface area is 130 Å². The lowest BCUT2D eigenvalue weighted by Gasteiger charge is -2.17. The largest absolute Gasteiger partial charge is 0.496 e. The molecule has 0 saturated carbocycles. The van der Waals surface area contributed by atoms with Crippen LogP contribution >= 0.6 is 0 Å². The van der Waals surface area contributed by atoms with Crippen molar-refractivity contribution in [3.8, 4) is 11.5 Å². The van der Waals surface area contributed by atoms with Gasteiger partial charge in [0.2, 0.25) is 5.91 Å². The Morgan fingerprint density at radius 1 is 1.36 bits per heavy atom. The topological polar surface area (TPSA) is 90.7 Å². The van der Waals surface area contributed by atoms with Crippen LogP contribution in [0.2, 0.25) is 0 Å². The first-order chi connectivity index (χ1) is 10.5. The average Bonchev–Trinajstić information content (AvgIpc) is 2.50.